The van der Waals surface area contributed by atoms with Crippen molar-refractivity contribution < 1.29 is 0 Å². The van der Waals surface area contributed by atoms with Crippen molar-refractivity contribution in [3.05, 3.63) is 26.4 Å². The van der Waals surface area contributed by atoms with E-state index in [9.17, 15) is 0 Å². The van der Waals surface area contributed by atoms with E-state index in [2.05, 4.69) is 56.7 Å². The Morgan fingerprint density at radius 3 is 2.52 bits per heavy atom. The standard InChI is InChI=1S/C14H22BrN5S/c1-5-9-13(15)12(20(4)18-9)8-11(16-7-3)14-10(6-2)17-19-21-14/h11,16H,5-8H2,1-4H3. The summed E-state index contributed by atoms with van der Waals surface area (Å²) in [5.41, 5.74) is 3.43. The first kappa shape index (κ1) is 16.6. The molecule has 0 aliphatic carbocycles. The lowest BCUT2D eigenvalue weighted by Gasteiger charge is -2.17. The maximum atomic E-state index is 4.58. The molecule has 0 amide bonds. The molecule has 0 radical (unpaired) electrons. The second kappa shape index (κ2) is 7.47. The zero-order valence-electron chi connectivity index (χ0n) is 13.0. The van der Waals surface area contributed by atoms with Crippen LogP contribution in [0, 0.1) is 0 Å². The number of likely N-dealkylation sites (N-methyl/N-ethyl adjacent to an activating group) is 1. The number of halogens is 1. The molecule has 0 aliphatic rings. The van der Waals surface area contributed by atoms with E-state index >= 15 is 0 Å². The molecule has 7 heteroatoms. The van der Waals surface area contributed by atoms with E-state index in [0.717, 1.165) is 41.7 Å². The first-order valence-corrected chi connectivity index (χ1v) is 8.93. The van der Waals surface area contributed by atoms with Gasteiger partial charge in [0, 0.05) is 13.5 Å². The van der Waals surface area contributed by atoms with Gasteiger partial charge in [0.05, 0.1) is 32.5 Å². The number of hydrogen-bond acceptors (Lipinski definition) is 5. The van der Waals surface area contributed by atoms with Gasteiger partial charge in [-0.15, -0.1) is 5.10 Å². The van der Waals surface area contributed by atoms with E-state index in [0.29, 0.717) is 0 Å². The minimum Gasteiger partial charge on any atom is -0.309 e. The molecule has 1 unspecified atom stereocenters. The van der Waals surface area contributed by atoms with E-state index in [1.165, 1.54) is 22.1 Å². The monoisotopic (exact) mass is 371 g/mol. The second-order valence-electron chi connectivity index (χ2n) is 4.94. The van der Waals surface area contributed by atoms with Gasteiger partial charge in [0.15, 0.2) is 0 Å². The summed E-state index contributed by atoms with van der Waals surface area (Å²) < 4.78 is 7.23. The Hall–Kier alpha value is -0.790. The molecule has 0 bridgehead atoms. The number of aryl methyl sites for hydroxylation is 3. The van der Waals surface area contributed by atoms with Crippen molar-refractivity contribution >= 4 is 27.5 Å². The maximum Gasteiger partial charge on any atom is 0.0801 e. The maximum absolute atomic E-state index is 4.58. The third kappa shape index (κ3) is 3.52. The van der Waals surface area contributed by atoms with Gasteiger partial charge in [0.2, 0.25) is 0 Å². The van der Waals surface area contributed by atoms with Crippen LogP contribution in [0.4, 0.5) is 0 Å². The average molecular weight is 372 g/mol. The molecule has 0 aromatic carbocycles. The summed E-state index contributed by atoms with van der Waals surface area (Å²) in [5, 5.41) is 12.4. The van der Waals surface area contributed by atoms with Crippen molar-refractivity contribution in [2.24, 2.45) is 7.05 Å². The molecule has 2 heterocycles. The van der Waals surface area contributed by atoms with Gasteiger partial charge in [-0.3, -0.25) is 4.68 Å². The SMILES string of the molecule is CCNC(Cc1c(Br)c(CC)nn1C)c1snnc1CC. The molecular formula is C14H22BrN5S. The fraction of sp³-hybridized carbons (Fsp3) is 0.643. The predicted molar refractivity (Wildman–Crippen MR) is 89.7 cm³/mol. The summed E-state index contributed by atoms with van der Waals surface area (Å²) in [5.74, 6) is 0. The molecule has 0 fully saturated rings. The van der Waals surface area contributed by atoms with Crippen molar-refractivity contribution in [3.8, 4) is 0 Å². The molecular weight excluding hydrogens is 350 g/mol. The Bertz CT molecular complexity index is 592. The quantitative estimate of drug-likeness (QED) is 0.812. The van der Waals surface area contributed by atoms with Gasteiger partial charge in [-0.2, -0.15) is 5.10 Å². The highest BCUT2D eigenvalue weighted by atomic mass is 79.9. The van der Waals surface area contributed by atoms with Crippen molar-refractivity contribution in [3.63, 3.8) is 0 Å². The summed E-state index contributed by atoms with van der Waals surface area (Å²) in [4.78, 5) is 1.24. The van der Waals surface area contributed by atoms with Crippen LogP contribution >= 0.6 is 27.5 Å². The highest BCUT2D eigenvalue weighted by Crippen LogP contribution is 2.29. The van der Waals surface area contributed by atoms with Crippen molar-refractivity contribution in [1.29, 1.82) is 0 Å². The Labute approximate surface area is 138 Å². The molecule has 2 aromatic heterocycles. The normalized spacial score (nSPS) is 12.8. The van der Waals surface area contributed by atoms with Crippen LogP contribution in [0.2, 0.25) is 0 Å². The summed E-state index contributed by atoms with van der Waals surface area (Å²) in [6.45, 7) is 7.30. The van der Waals surface area contributed by atoms with Crippen molar-refractivity contribution in [2.75, 3.05) is 6.54 Å². The Kier molecular flexibility index (Phi) is 5.89. The zero-order chi connectivity index (χ0) is 15.4. The Morgan fingerprint density at radius 1 is 1.24 bits per heavy atom. The third-order valence-electron chi connectivity index (χ3n) is 3.59. The van der Waals surface area contributed by atoms with Crippen LogP contribution in [0.15, 0.2) is 4.47 Å². The minimum atomic E-state index is 0.237. The molecule has 2 aromatic rings. The van der Waals surface area contributed by atoms with Gasteiger partial charge >= 0.3 is 0 Å². The van der Waals surface area contributed by atoms with Crippen molar-refractivity contribution in [2.45, 2.75) is 46.1 Å². The fourth-order valence-electron chi connectivity index (χ4n) is 2.46. The van der Waals surface area contributed by atoms with Crippen LogP contribution in [0.1, 0.15) is 48.8 Å². The molecule has 0 saturated carbocycles. The summed E-state index contributed by atoms with van der Waals surface area (Å²) in [6, 6.07) is 0.237. The van der Waals surface area contributed by atoms with Crippen LogP contribution in [-0.2, 0) is 26.3 Å². The van der Waals surface area contributed by atoms with Crippen LogP contribution < -0.4 is 5.32 Å². The molecule has 21 heavy (non-hydrogen) atoms. The lowest BCUT2D eigenvalue weighted by molar-refractivity contribution is 0.530. The summed E-state index contributed by atoms with van der Waals surface area (Å²) in [7, 11) is 2.01. The topological polar surface area (TPSA) is 55.6 Å². The molecule has 0 spiro atoms. The van der Waals surface area contributed by atoms with E-state index in [-0.39, 0.29) is 6.04 Å². The number of rotatable bonds is 7. The summed E-state index contributed by atoms with van der Waals surface area (Å²) >= 11 is 5.20. The minimum absolute atomic E-state index is 0.237. The van der Waals surface area contributed by atoms with Gasteiger partial charge < -0.3 is 5.32 Å². The van der Waals surface area contributed by atoms with E-state index < -0.39 is 0 Å². The largest absolute Gasteiger partial charge is 0.309 e. The first-order valence-electron chi connectivity index (χ1n) is 7.36. The summed E-state index contributed by atoms with van der Waals surface area (Å²) in [6.07, 6.45) is 2.73. The van der Waals surface area contributed by atoms with Gasteiger partial charge in [0.25, 0.3) is 0 Å². The number of hydrogen-bond donors (Lipinski definition) is 1. The van der Waals surface area contributed by atoms with Gasteiger partial charge in [-0.1, -0.05) is 25.3 Å². The molecule has 2 rings (SSSR count). The van der Waals surface area contributed by atoms with Crippen LogP contribution in [0.3, 0.4) is 0 Å². The number of aromatic nitrogens is 4. The molecule has 1 N–H and O–H groups in total. The van der Waals surface area contributed by atoms with E-state index in [1.54, 1.807) is 0 Å². The van der Waals surface area contributed by atoms with Crippen LogP contribution in [-0.4, -0.2) is 25.9 Å². The molecule has 116 valence electrons. The smallest absolute Gasteiger partial charge is 0.0801 e. The highest BCUT2D eigenvalue weighted by molar-refractivity contribution is 9.10. The van der Waals surface area contributed by atoms with E-state index in [4.69, 9.17) is 0 Å². The third-order valence-corrected chi connectivity index (χ3v) is 5.38. The van der Waals surface area contributed by atoms with Crippen LogP contribution in [0.25, 0.3) is 0 Å². The van der Waals surface area contributed by atoms with Gasteiger partial charge in [0.1, 0.15) is 0 Å². The molecule has 5 nitrogen and oxygen atoms in total. The van der Waals surface area contributed by atoms with Crippen LogP contribution in [0.5, 0.6) is 0 Å². The Balaban J connectivity index is 2.31. The molecule has 0 saturated heterocycles. The van der Waals surface area contributed by atoms with Crippen molar-refractivity contribution in [1.82, 2.24) is 24.7 Å². The highest BCUT2D eigenvalue weighted by Gasteiger charge is 2.22. The van der Waals surface area contributed by atoms with E-state index in [1.807, 2.05) is 11.7 Å². The predicted octanol–water partition coefficient (Wildman–Crippen LogP) is 3.05. The number of nitrogens with one attached hydrogen (secondary N) is 1. The van der Waals surface area contributed by atoms with Gasteiger partial charge in [-0.05, 0) is 46.8 Å². The lowest BCUT2D eigenvalue weighted by atomic mass is 10.1. The fourth-order valence-corrected chi connectivity index (χ4v) is 4.05. The zero-order valence-corrected chi connectivity index (χ0v) is 15.4. The number of nitrogens with zero attached hydrogens (tertiary/aromatic N) is 4. The molecule has 0 aliphatic heterocycles. The average Bonchev–Trinajstić information content (AvgIpc) is 3.05. The second-order valence-corrected chi connectivity index (χ2v) is 6.52. The molecule has 1 atom stereocenters. The lowest BCUT2D eigenvalue weighted by Crippen LogP contribution is -2.24. The van der Waals surface area contributed by atoms with Gasteiger partial charge in [-0.25, -0.2) is 0 Å². The first-order chi connectivity index (χ1) is 10.1. The Morgan fingerprint density at radius 2 is 1.95 bits per heavy atom.